The van der Waals surface area contributed by atoms with Crippen molar-refractivity contribution in [3.8, 4) is 0 Å². The molecule has 0 aliphatic heterocycles. The Kier molecular flexibility index (Phi) is 15.5. The second kappa shape index (κ2) is 12.6. The van der Waals surface area contributed by atoms with Gasteiger partial charge in [0.25, 0.3) is 0 Å². The number of hydrogen-bond acceptors (Lipinski definition) is 1. The lowest BCUT2D eigenvalue weighted by Gasteiger charge is -2.13. The van der Waals surface area contributed by atoms with Gasteiger partial charge < -0.3 is 5.32 Å². The molecule has 11 heavy (non-hydrogen) atoms. The third kappa shape index (κ3) is 9.96. The summed E-state index contributed by atoms with van der Waals surface area (Å²) in [5.41, 5.74) is 0. The molecule has 70 valence electrons. The van der Waals surface area contributed by atoms with Gasteiger partial charge >= 0.3 is 0 Å². The molecule has 1 heteroatoms. The molecule has 0 aromatic carbocycles. The maximum Gasteiger partial charge on any atom is 0.00642 e. The molecule has 0 fully saturated rings. The van der Waals surface area contributed by atoms with Crippen LogP contribution in [0.5, 0.6) is 0 Å². The first-order valence-electron chi connectivity index (χ1n) is 5.08. The van der Waals surface area contributed by atoms with Crippen LogP contribution in [-0.2, 0) is 0 Å². The van der Waals surface area contributed by atoms with E-state index in [9.17, 15) is 0 Å². The Morgan fingerprint density at radius 3 is 1.91 bits per heavy atom. The van der Waals surface area contributed by atoms with Crippen molar-refractivity contribution in [1.29, 1.82) is 0 Å². The van der Waals surface area contributed by atoms with Gasteiger partial charge in [-0.25, -0.2) is 0 Å². The van der Waals surface area contributed by atoms with E-state index in [4.69, 9.17) is 0 Å². The molecule has 0 saturated carbocycles. The lowest BCUT2D eigenvalue weighted by Crippen LogP contribution is -2.27. The predicted octanol–water partition coefficient (Wildman–Crippen LogP) is 3.20. The second-order valence-electron chi connectivity index (χ2n) is 2.45. The fourth-order valence-electron chi connectivity index (χ4n) is 1.09. The molecule has 0 bridgehead atoms. The maximum absolute atomic E-state index is 3.43. The molecule has 0 aromatic rings. The second-order valence-corrected chi connectivity index (χ2v) is 2.45. The van der Waals surface area contributed by atoms with E-state index in [-0.39, 0.29) is 0 Å². The summed E-state index contributed by atoms with van der Waals surface area (Å²) in [5.74, 6) is 0. The first-order valence-corrected chi connectivity index (χ1v) is 5.08. The van der Waals surface area contributed by atoms with Gasteiger partial charge in [0, 0.05) is 6.04 Å². The van der Waals surface area contributed by atoms with Crippen LogP contribution >= 0.6 is 0 Å². The fraction of sp³-hybridized carbons (Fsp3) is 1.00. The highest BCUT2D eigenvalue weighted by Gasteiger charge is 1.99. The molecule has 1 N–H and O–H groups in total. The van der Waals surface area contributed by atoms with Gasteiger partial charge in [0.15, 0.2) is 0 Å². The van der Waals surface area contributed by atoms with Crippen LogP contribution in [-0.4, -0.2) is 12.6 Å². The van der Waals surface area contributed by atoms with Gasteiger partial charge in [0.05, 0.1) is 0 Å². The first kappa shape index (κ1) is 13.5. The third-order valence-corrected chi connectivity index (χ3v) is 1.62. The number of rotatable bonds is 5. The van der Waals surface area contributed by atoms with Crippen LogP contribution in [0.3, 0.4) is 0 Å². The van der Waals surface area contributed by atoms with E-state index < -0.39 is 0 Å². The van der Waals surface area contributed by atoms with Gasteiger partial charge in [-0.1, -0.05) is 41.0 Å². The minimum absolute atomic E-state index is 0.764. The summed E-state index contributed by atoms with van der Waals surface area (Å²) in [5, 5.41) is 3.43. The molecule has 0 heterocycles. The Hall–Kier alpha value is -0.0400. The molecule has 0 spiro atoms. The van der Waals surface area contributed by atoms with Gasteiger partial charge in [-0.3, -0.25) is 0 Å². The smallest absolute Gasteiger partial charge is 0.00642 e. The van der Waals surface area contributed by atoms with Crippen LogP contribution in [0.15, 0.2) is 0 Å². The van der Waals surface area contributed by atoms with Crippen molar-refractivity contribution in [3.63, 3.8) is 0 Å². The van der Waals surface area contributed by atoms with E-state index in [1.54, 1.807) is 0 Å². The molecule has 0 aliphatic carbocycles. The van der Waals surface area contributed by atoms with Crippen molar-refractivity contribution in [2.75, 3.05) is 6.54 Å². The van der Waals surface area contributed by atoms with Gasteiger partial charge in [0.2, 0.25) is 0 Å². The van der Waals surface area contributed by atoms with Crippen LogP contribution in [0, 0.1) is 0 Å². The average molecular weight is 159 g/mol. The standard InChI is InChI=1S/C8H19N.C2H6/c1-4-7-8(5-2)9-6-3;1-2/h8-9H,4-7H2,1-3H3;1-2H3. The monoisotopic (exact) mass is 159 g/mol. The zero-order chi connectivity index (χ0) is 9.11. The van der Waals surface area contributed by atoms with E-state index in [2.05, 4.69) is 26.1 Å². The van der Waals surface area contributed by atoms with Crippen LogP contribution in [0.2, 0.25) is 0 Å². The highest BCUT2D eigenvalue weighted by molar-refractivity contribution is 4.61. The van der Waals surface area contributed by atoms with Gasteiger partial charge in [-0.15, -0.1) is 0 Å². The summed E-state index contributed by atoms with van der Waals surface area (Å²) in [6.45, 7) is 11.7. The molecular formula is C10H25N. The van der Waals surface area contributed by atoms with E-state index in [0.717, 1.165) is 12.6 Å². The van der Waals surface area contributed by atoms with Crippen molar-refractivity contribution in [2.24, 2.45) is 0 Å². The topological polar surface area (TPSA) is 12.0 Å². The third-order valence-electron chi connectivity index (χ3n) is 1.62. The fourth-order valence-corrected chi connectivity index (χ4v) is 1.09. The normalized spacial score (nSPS) is 11.7. The Morgan fingerprint density at radius 1 is 1.09 bits per heavy atom. The molecular weight excluding hydrogens is 134 g/mol. The quantitative estimate of drug-likeness (QED) is 0.649. The molecule has 1 atom stereocenters. The summed E-state index contributed by atoms with van der Waals surface area (Å²) in [6, 6.07) is 0.764. The summed E-state index contributed by atoms with van der Waals surface area (Å²) < 4.78 is 0. The van der Waals surface area contributed by atoms with Crippen molar-refractivity contribution < 1.29 is 0 Å². The highest BCUT2D eigenvalue weighted by atomic mass is 14.9. The molecule has 1 unspecified atom stereocenters. The molecule has 0 radical (unpaired) electrons. The van der Waals surface area contributed by atoms with Crippen LogP contribution in [0.4, 0.5) is 0 Å². The minimum atomic E-state index is 0.764. The lowest BCUT2D eigenvalue weighted by atomic mass is 10.1. The number of nitrogens with one attached hydrogen (secondary N) is 1. The van der Waals surface area contributed by atoms with E-state index in [1.807, 2.05) is 13.8 Å². The van der Waals surface area contributed by atoms with Gasteiger partial charge in [-0.2, -0.15) is 0 Å². The molecule has 1 nitrogen and oxygen atoms in total. The Balaban J connectivity index is 0. The Labute approximate surface area is 72.6 Å². The number of hydrogen-bond donors (Lipinski definition) is 1. The minimum Gasteiger partial charge on any atom is -0.314 e. The SMILES string of the molecule is CC.CCCC(CC)NCC. The largest absolute Gasteiger partial charge is 0.314 e. The van der Waals surface area contributed by atoms with Crippen molar-refractivity contribution in [1.82, 2.24) is 5.32 Å². The van der Waals surface area contributed by atoms with Crippen LogP contribution in [0.25, 0.3) is 0 Å². The van der Waals surface area contributed by atoms with E-state index in [1.165, 1.54) is 19.3 Å². The van der Waals surface area contributed by atoms with E-state index >= 15 is 0 Å². The van der Waals surface area contributed by atoms with E-state index in [0.29, 0.717) is 0 Å². The zero-order valence-electron chi connectivity index (χ0n) is 8.91. The zero-order valence-corrected chi connectivity index (χ0v) is 8.91. The molecule has 0 rings (SSSR count). The van der Waals surface area contributed by atoms with Crippen LogP contribution in [0.1, 0.15) is 53.9 Å². The first-order chi connectivity index (χ1) is 5.35. The predicted molar refractivity (Wildman–Crippen MR) is 54.0 cm³/mol. The van der Waals surface area contributed by atoms with Gasteiger partial charge in [-0.05, 0) is 19.4 Å². The van der Waals surface area contributed by atoms with Crippen molar-refractivity contribution >= 4 is 0 Å². The summed E-state index contributed by atoms with van der Waals surface area (Å²) >= 11 is 0. The van der Waals surface area contributed by atoms with Crippen molar-refractivity contribution in [3.05, 3.63) is 0 Å². The van der Waals surface area contributed by atoms with Crippen molar-refractivity contribution in [2.45, 2.75) is 59.9 Å². The Bertz CT molecular complexity index is 46.8. The molecule has 0 saturated heterocycles. The maximum atomic E-state index is 3.43. The summed E-state index contributed by atoms with van der Waals surface area (Å²) in [4.78, 5) is 0. The molecule has 0 amide bonds. The summed E-state index contributed by atoms with van der Waals surface area (Å²) in [7, 11) is 0. The molecule has 0 aromatic heterocycles. The lowest BCUT2D eigenvalue weighted by molar-refractivity contribution is 0.476. The summed E-state index contributed by atoms with van der Waals surface area (Å²) in [6.07, 6.45) is 3.89. The van der Waals surface area contributed by atoms with Crippen LogP contribution < -0.4 is 5.32 Å². The average Bonchev–Trinajstić information content (AvgIpc) is 2.08. The highest BCUT2D eigenvalue weighted by Crippen LogP contribution is 1.99. The van der Waals surface area contributed by atoms with Gasteiger partial charge in [0.1, 0.15) is 0 Å². The molecule has 0 aliphatic rings. The Morgan fingerprint density at radius 2 is 1.64 bits per heavy atom.